The lowest BCUT2D eigenvalue weighted by molar-refractivity contribution is -0.170. The maximum Gasteiger partial charge on any atom is 0.450 e. The lowest BCUT2D eigenvalue weighted by atomic mass is 10.0. The van der Waals surface area contributed by atoms with Crippen molar-refractivity contribution in [3.63, 3.8) is 0 Å². The molecular formula is C11H9F3O3. The van der Waals surface area contributed by atoms with Gasteiger partial charge in [0, 0.05) is 5.56 Å². The van der Waals surface area contributed by atoms with Crippen molar-refractivity contribution < 1.29 is 27.9 Å². The van der Waals surface area contributed by atoms with Gasteiger partial charge in [0.1, 0.15) is 0 Å². The first kappa shape index (κ1) is 13.4. The fraction of sp³-hybridized carbons (Fsp3) is 0.273. The van der Waals surface area contributed by atoms with E-state index in [0.717, 1.165) is 0 Å². The Morgan fingerprint density at radius 2 is 1.65 bits per heavy atom. The molecule has 0 radical (unpaired) electrons. The largest absolute Gasteiger partial charge is 0.450 e. The van der Waals surface area contributed by atoms with Crippen LogP contribution in [0.1, 0.15) is 22.3 Å². The Morgan fingerprint density at radius 3 is 2.06 bits per heavy atom. The molecule has 1 N–H and O–H groups in total. The quantitative estimate of drug-likeness (QED) is 0.652. The van der Waals surface area contributed by atoms with Gasteiger partial charge in [-0.1, -0.05) is 24.3 Å². The average molecular weight is 246 g/mol. The van der Waals surface area contributed by atoms with Crippen LogP contribution in [0.3, 0.4) is 0 Å². The molecule has 0 aliphatic rings. The van der Waals surface area contributed by atoms with Crippen molar-refractivity contribution in [2.24, 2.45) is 0 Å². The van der Waals surface area contributed by atoms with Gasteiger partial charge in [0.15, 0.2) is 5.78 Å². The second-order valence-corrected chi connectivity index (χ2v) is 3.38. The second-order valence-electron chi connectivity index (χ2n) is 3.38. The molecule has 0 fully saturated rings. The fourth-order valence-electron chi connectivity index (χ4n) is 1.14. The molecule has 0 aliphatic heterocycles. The first-order valence-corrected chi connectivity index (χ1v) is 4.67. The predicted octanol–water partition coefficient (Wildman–Crippen LogP) is 1.88. The lowest BCUT2D eigenvalue weighted by Gasteiger charge is -2.04. The molecule has 0 spiro atoms. The van der Waals surface area contributed by atoms with Gasteiger partial charge in [0.05, 0.1) is 13.0 Å². The summed E-state index contributed by atoms with van der Waals surface area (Å²) in [6.07, 6.45) is -6.18. The molecule has 0 aliphatic carbocycles. The Balaban J connectivity index is 2.73. The van der Waals surface area contributed by atoms with E-state index in [1.54, 1.807) is 0 Å². The SMILES string of the molecule is O=C(CC(=O)C(F)(F)F)c1ccc(CO)cc1. The molecule has 0 bridgehead atoms. The highest BCUT2D eigenvalue weighted by Crippen LogP contribution is 2.19. The number of aliphatic hydroxyl groups excluding tert-OH is 1. The first-order chi connectivity index (χ1) is 7.84. The number of rotatable bonds is 4. The van der Waals surface area contributed by atoms with Crippen LogP contribution in [0.2, 0.25) is 0 Å². The van der Waals surface area contributed by atoms with E-state index in [2.05, 4.69) is 0 Å². The molecule has 1 rings (SSSR count). The summed E-state index contributed by atoms with van der Waals surface area (Å²) < 4.78 is 35.7. The number of alkyl halides is 3. The van der Waals surface area contributed by atoms with Crippen LogP contribution >= 0.6 is 0 Å². The van der Waals surface area contributed by atoms with Crippen molar-refractivity contribution in [2.75, 3.05) is 0 Å². The van der Waals surface area contributed by atoms with Crippen LogP contribution in [0, 0.1) is 0 Å². The van der Waals surface area contributed by atoms with Crippen LogP contribution in [0.4, 0.5) is 13.2 Å². The van der Waals surface area contributed by atoms with E-state index >= 15 is 0 Å². The molecule has 0 saturated carbocycles. The molecule has 1 aromatic rings. The summed E-state index contributed by atoms with van der Waals surface area (Å²) >= 11 is 0. The highest BCUT2D eigenvalue weighted by Gasteiger charge is 2.39. The smallest absolute Gasteiger partial charge is 0.392 e. The normalized spacial score (nSPS) is 11.3. The van der Waals surface area contributed by atoms with Gasteiger partial charge in [-0.3, -0.25) is 9.59 Å². The van der Waals surface area contributed by atoms with Crippen LogP contribution in [-0.4, -0.2) is 22.8 Å². The van der Waals surface area contributed by atoms with Crippen molar-refractivity contribution in [1.82, 2.24) is 0 Å². The lowest BCUT2D eigenvalue weighted by Crippen LogP contribution is -2.25. The van der Waals surface area contributed by atoms with E-state index in [1.807, 2.05) is 0 Å². The van der Waals surface area contributed by atoms with Crippen molar-refractivity contribution in [1.29, 1.82) is 0 Å². The molecule has 6 heteroatoms. The minimum atomic E-state index is -4.99. The third-order valence-corrected chi connectivity index (χ3v) is 2.10. The van der Waals surface area contributed by atoms with Gasteiger partial charge in [0.25, 0.3) is 0 Å². The highest BCUT2D eigenvalue weighted by molar-refractivity contribution is 6.09. The molecule has 0 unspecified atom stereocenters. The van der Waals surface area contributed by atoms with Gasteiger partial charge < -0.3 is 5.11 Å². The van der Waals surface area contributed by atoms with Crippen molar-refractivity contribution >= 4 is 11.6 Å². The minimum absolute atomic E-state index is 0.0137. The maximum atomic E-state index is 11.9. The van der Waals surface area contributed by atoms with Crippen LogP contribution in [0.5, 0.6) is 0 Å². The maximum absolute atomic E-state index is 11.9. The second kappa shape index (κ2) is 5.09. The fourth-order valence-corrected chi connectivity index (χ4v) is 1.14. The number of carbonyl (C=O) groups is 2. The molecule has 3 nitrogen and oxygen atoms in total. The Labute approximate surface area is 94.9 Å². The summed E-state index contributed by atoms with van der Waals surface area (Å²) in [6.45, 7) is -0.226. The Bertz CT molecular complexity index is 421. The molecule has 0 amide bonds. The average Bonchev–Trinajstić information content (AvgIpc) is 2.27. The summed E-state index contributed by atoms with van der Waals surface area (Å²) in [5.74, 6) is -2.95. The molecule has 17 heavy (non-hydrogen) atoms. The summed E-state index contributed by atoms with van der Waals surface area (Å²) in [7, 11) is 0. The van der Waals surface area contributed by atoms with Gasteiger partial charge in [-0.05, 0) is 5.56 Å². The summed E-state index contributed by atoms with van der Waals surface area (Å²) in [6, 6.07) is 5.37. The number of ketones is 2. The van der Waals surface area contributed by atoms with Crippen molar-refractivity contribution in [2.45, 2.75) is 19.2 Å². The Morgan fingerprint density at radius 1 is 1.12 bits per heavy atom. The molecule has 0 heterocycles. The number of hydrogen-bond acceptors (Lipinski definition) is 3. The van der Waals surface area contributed by atoms with Crippen LogP contribution in [0.15, 0.2) is 24.3 Å². The molecule has 0 atom stereocenters. The van der Waals surface area contributed by atoms with E-state index in [9.17, 15) is 22.8 Å². The number of Topliss-reactive ketones (excluding diaryl/α,β-unsaturated/α-hetero) is 2. The van der Waals surface area contributed by atoms with E-state index in [4.69, 9.17) is 5.11 Å². The van der Waals surface area contributed by atoms with Gasteiger partial charge in [-0.25, -0.2) is 0 Å². The molecule has 0 aromatic heterocycles. The first-order valence-electron chi connectivity index (χ1n) is 4.67. The van der Waals surface area contributed by atoms with Crippen molar-refractivity contribution in [3.05, 3.63) is 35.4 Å². The highest BCUT2D eigenvalue weighted by atomic mass is 19.4. The van der Waals surface area contributed by atoms with Gasteiger partial charge in [-0.2, -0.15) is 13.2 Å². The number of hydrogen-bond donors (Lipinski definition) is 1. The molecule has 92 valence electrons. The Hall–Kier alpha value is -1.69. The summed E-state index contributed by atoms with van der Waals surface area (Å²) in [4.78, 5) is 21.9. The molecular weight excluding hydrogens is 237 g/mol. The minimum Gasteiger partial charge on any atom is -0.392 e. The van der Waals surface area contributed by atoms with Gasteiger partial charge in [-0.15, -0.1) is 0 Å². The standard InChI is InChI=1S/C11H9F3O3/c12-11(13,14)10(17)5-9(16)8-3-1-7(6-15)2-4-8/h1-4,15H,5-6H2. The number of halogens is 3. The number of benzene rings is 1. The van der Waals surface area contributed by atoms with E-state index < -0.39 is 24.2 Å². The zero-order valence-electron chi connectivity index (χ0n) is 8.62. The summed E-state index contributed by atoms with van der Waals surface area (Å²) in [5, 5.41) is 8.73. The van der Waals surface area contributed by atoms with Gasteiger partial charge >= 0.3 is 6.18 Å². The van der Waals surface area contributed by atoms with E-state index in [0.29, 0.717) is 5.56 Å². The molecule has 1 aromatic carbocycles. The van der Waals surface area contributed by atoms with Crippen LogP contribution in [0.25, 0.3) is 0 Å². The third kappa shape index (κ3) is 3.67. The van der Waals surface area contributed by atoms with Crippen LogP contribution in [-0.2, 0) is 11.4 Å². The van der Waals surface area contributed by atoms with E-state index in [-0.39, 0.29) is 12.2 Å². The summed E-state index contributed by atoms with van der Waals surface area (Å²) in [5.41, 5.74) is 0.545. The van der Waals surface area contributed by atoms with Crippen LogP contribution < -0.4 is 0 Å². The Kier molecular flexibility index (Phi) is 4.01. The third-order valence-electron chi connectivity index (χ3n) is 2.10. The monoisotopic (exact) mass is 246 g/mol. The number of carbonyl (C=O) groups excluding carboxylic acids is 2. The van der Waals surface area contributed by atoms with Gasteiger partial charge in [0.2, 0.25) is 5.78 Å². The zero-order chi connectivity index (χ0) is 13.1. The van der Waals surface area contributed by atoms with Crippen molar-refractivity contribution in [3.8, 4) is 0 Å². The topological polar surface area (TPSA) is 54.4 Å². The zero-order valence-corrected chi connectivity index (χ0v) is 8.62. The predicted molar refractivity (Wildman–Crippen MR) is 52.4 cm³/mol. The number of aliphatic hydroxyl groups is 1. The van der Waals surface area contributed by atoms with E-state index in [1.165, 1.54) is 24.3 Å². The molecule has 0 saturated heterocycles.